The van der Waals surface area contributed by atoms with Crippen LogP contribution in [0.5, 0.6) is 0 Å². The smallest absolute Gasteiger partial charge is 0.226 e. The number of nitrogens with zero attached hydrogens (tertiary/aromatic N) is 2. The topological polar surface area (TPSA) is 40.6 Å². The van der Waals surface area contributed by atoms with E-state index in [-0.39, 0.29) is 17.7 Å². The van der Waals surface area contributed by atoms with Gasteiger partial charge in [0.25, 0.3) is 0 Å². The second-order valence-electron chi connectivity index (χ2n) is 7.10. The summed E-state index contributed by atoms with van der Waals surface area (Å²) in [5.74, 6) is 0.570. The summed E-state index contributed by atoms with van der Waals surface area (Å²) >= 11 is 0. The number of carbonyl (C=O) groups excluding carboxylic acids is 2. The van der Waals surface area contributed by atoms with Crippen LogP contribution >= 0.6 is 0 Å². The standard InChI is InChI=1S/C22H26N2O2/c1-23(16-19-10-6-3-7-11-19)21(25)15-20-12-13-24(17-20)22(26)14-18-8-4-2-5-9-18/h2-11,20H,12-17H2,1H3. The van der Waals surface area contributed by atoms with Crippen molar-refractivity contribution in [3.8, 4) is 0 Å². The van der Waals surface area contributed by atoms with Crippen LogP contribution in [0.3, 0.4) is 0 Å². The van der Waals surface area contributed by atoms with Crippen LogP contribution in [0.1, 0.15) is 24.0 Å². The molecule has 1 aliphatic heterocycles. The Bertz CT molecular complexity index is 730. The van der Waals surface area contributed by atoms with Crippen molar-refractivity contribution in [1.29, 1.82) is 0 Å². The average molecular weight is 350 g/mol. The Labute approximate surface area is 155 Å². The van der Waals surface area contributed by atoms with Crippen molar-refractivity contribution in [3.63, 3.8) is 0 Å². The third-order valence-electron chi connectivity index (χ3n) is 4.99. The van der Waals surface area contributed by atoms with E-state index in [1.807, 2.05) is 72.6 Å². The molecule has 2 aromatic rings. The first-order valence-electron chi connectivity index (χ1n) is 9.21. The summed E-state index contributed by atoms with van der Waals surface area (Å²) in [5.41, 5.74) is 2.18. The maximum atomic E-state index is 12.5. The van der Waals surface area contributed by atoms with Crippen molar-refractivity contribution in [1.82, 2.24) is 9.80 Å². The largest absolute Gasteiger partial charge is 0.342 e. The van der Waals surface area contributed by atoms with E-state index in [1.54, 1.807) is 4.90 Å². The molecule has 2 aromatic carbocycles. The Morgan fingerprint density at radius 3 is 2.27 bits per heavy atom. The molecule has 0 radical (unpaired) electrons. The first-order chi connectivity index (χ1) is 12.6. The molecule has 0 spiro atoms. The van der Waals surface area contributed by atoms with Crippen LogP contribution in [0.25, 0.3) is 0 Å². The highest BCUT2D eigenvalue weighted by Crippen LogP contribution is 2.21. The molecule has 26 heavy (non-hydrogen) atoms. The van der Waals surface area contributed by atoms with Gasteiger partial charge in [0.2, 0.25) is 11.8 Å². The lowest BCUT2D eigenvalue weighted by Crippen LogP contribution is -2.32. The van der Waals surface area contributed by atoms with Gasteiger partial charge in [-0.1, -0.05) is 60.7 Å². The van der Waals surface area contributed by atoms with Crippen LogP contribution in [0.15, 0.2) is 60.7 Å². The monoisotopic (exact) mass is 350 g/mol. The third-order valence-corrected chi connectivity index (χ3v) is 4.99. The van der Waals surface area contributed by atoms with Crippen LogP contribution in [-0.2, 0) is 22.6 Å². The average Bonchev–Trinajstić information content (AvgIpc) is 3.12. The van der Waals surface area contributed by atoms with Gasteiger partial charge in [0, 0.05) is 33.1 Å². The van der Waals surface area contributed by atoms with Gasteiger partial charge in [-0.3, -0.25) is 9.59 Å². The molecule has 3 rings (SSSR count). The molecule has 0 aliphatic carbocycles. The van der Waals surface area contributed by atoms with Gasteiger partial charge < -0.3 is 9.80 Å². The summed E-state index contributed by atoms with van der Waals surface area (Å²) in [6.07, 6.45) is 1.86. The fraction of sp³-hybridized carbons (Fsp3) is 0.364. The highest BCUT2D eigenvalue weighted by molar-refractivity contribution is 5.79. The number of benzene rings is 2. The van der Waals surface area contributed by atoms with Crippen molar-refractivity contribution in [2.75, 3.05) is 20.1 Å². The Morgan fingerprint density at radius 2 is 1.62 bits per heavy atom. The minimum atomic E-state index is 0.149. The minimum absolute atomic E-state index is 0.149. The molecule has 1 unspecified atom stereocenters. The van der Waals surface area contributed by atoms with Gasteiger partial charge in [0.05, 0.1) is 6.42 Å². The predicted molar refractivity (Wildman–Crippen MR) is 102 cm³/mol. The van der Waals surface area contributed by atoms with E-state index in [2.05, 4.69) is 0 Å². The second-order valence-corrected chi connectivity index (χ2v) is 7.10. The van der Waals surface area contributed by atoms with Crippen molar-refractivity contribution >= 4 is 11.8 Å². The number of carbonyl (C=O) groups is 2. The quantitative estimate of drug-likeness (QED) is 0.803. The van der Waals surface area contributed by atoms with E-state index in [9.17, 15) is 9.59 Å². The van der Waals surface area contributed by atoms with Crippen LogP contribution in [0.2, 0.25) is 0 Å². The van der Waals surface area contributed by atoms with E-state index in [4.69, 9.17) is 0 Å². The summed E-state index contributed by atoms with van der Waals surface area (Å²) < 4.78 is 0. The normalized spacial score (nSPS) is 16.5. The van der Waals surface area contributed by atoms with Crippen molar-refractivity contribution in [3.05, 3.63) is 71.8 Å². The number of hydrogen-bond donors (Lipinski definition) is 0. The molecule has 1 heterocycles. The maximum Gasteiger partial charge on any atom is 0.226 e. The lowest BCUT2D eigenvalue weighted by Gasteiger charge is -2.20. The molecule has 0 N–H and O–H groups in total. The number of amides is 2. The molecule has 1 aliphatic rings. The summed E-state index contributed by atoms with van der Waals surface area (Å²) in [5, 5.41) is 0. The Hall–Kier alpha value is -2.62. The number of rotatable bonds is 6. The lowest BCUT2D eigenvalue weighted by atomic mass is 10.0. The Morgan fingerprint density at radius 1 is 1.00 bits per heavy atom. The lowest BCUT2D eigenvalue weighted by molar-refractivity contribution is -0.132. The Balaban J connectivity index is 1.46. The van der Waals surface area contributed by atoms with Gasteiger partial charge in [-0.25, -0.2) is 0 Å². The van der Waals surface area contributed by atoms with Crippen molar-refractivity contribution < 1.29 is 9.59 Å². The fourth-order valence-electron chi connectivity index (χ4n) is 3.46. The van der Waals surface area contributed by atoms with E-state index >= 15 is 0 Å². The Kier molecular flexibility index (Phi) is 6.05. The molecule has 0 aromatic heterocycles. The zero-order valence-corrected chi connectivity index (χ0v) is 15.3. The van der Waals surface area contributed by atoms with Crippen LogP contribution in [0.4, 0.5) is 0 Å². The van der Waals surface area contributed by atoms with Gasteiger partial charge in [0.1, 0.15) is 0 Å². The molecule has 2 amide bonds. The summed E-state index contributed by atoms with van der Waals surface area (Å²) in [4.78, 5) is 28.6. The molecule has 1 atom stereocenters. The summed E-state index contributed by atoms with van der Waals surface area (Å²) in [7, 11) is 1.85. The fourth-order valence-corrected chi connectivity index (χ4v) is 3.46. The van der Waals surface area contributed by atoms with Crippen LogP contribution in [-0.4, -0.2) is 41.8 Å². The molecule has 4 heteroatoms. The number of hydrogen-bond acceptors (Lipinski definition) is 2. The minimum Gasteiger partial charge on any atom is -0.342 e. The molecule has 1 fully saturated rings. The number of likely N-dealkylation sites (tertiary alicyclic amines) is 1. The van der Waals surface area contributed by atoms with Gasteiger partial charge >= 0.3 is 0 Å². The van der Waals surface area contributed by atoms with Crippen molar-refractivity contribution in [2.24, 2.45) is 5.92 Å². The molecular weight excluding hydrogens is 324 g/mol. The van der Waals surface area contributed by atoms with Gasteiger partial charge in [-0.2, -0.15) is 0 Å². The molecule has 136 valence electrons. The SMILES string of the molecule is CN(Cc1ccccc1)C(=O)CC1CCN(C(=O)Cc2ccccc2)C1. The van der Waals surface area contributed by atoms with Gasteiger partial charge in [-0.05, 0) is 23.5 Å². The van der Waals surface area contributed by atoms with E-state index in [0.717, 1.165) is 24.1 Å². The summed E-state index contributed by atoms with van der Waals surface area (Å²) in [6.45, 7) is 2.08. The zero-order chi connectivity index (χ0) is 18.4. The molecule has 4 nitrogen and oxygen atoms in total. The third kappa shape index (κ3) is 4.94. The van der Waals surface area contributed by atoms with Crippen LogP contribution in [0, 0.1) is 5.92 Å². The van der Waals surface area contributed by atoms with E-state index < -0.39 is 0 Å². The van der Waals surface area contributed by atoms with Crippen molar-refractivity contribution in [2.45, 2.75) is 25.8 Å². The van der Waals surface area contributed by atoms with E-state index in [1.165, 1.54) is 0 Å². The molecule has 0 saturated carbocycles. The molecule has 0 bridgehead atoms. The molecule has 1 saturated heterocycles. The first-order valence-corrected chi connectivity index (χ1v) is 9.21. The highest BCUT2D eigenvalue weighted by Gasteiger charge is 2.28. The van der Waals surface area contributed by atoms with Gasteiger partial charge in [-0.15, -0.1) is 0 Å². The second kappa shape index (κ2) is 8.65. The predicted octanol–water partition coefficient (Wildman–Crippen LogP) is 3.13. The maximum absolute atomic E-state index is 12.5. The van der Waals surface area contributed by atoms with E-state index in [0.29, 0.717) is 25.9 Å². The highest BCUT2D eigenvalue weighted by atomic mass is 16.2. The first kappa shape index (κ1) is 18.2. The molecular formula is C22H26N2O2. The summed E-state index contributed by atoms with van der Waals surface area (Å²) in [6, 6.07) is 19.8. The van der Waals surface area contributed by atoms with Crippen LogP contribution < -0.4 is 0 Å². The van der Waals surface area contributed by atoms with Gasteiger partial charge in [0.15, 0.2) is 0 Å². The zero-order valence-electron chi connectivity index (χ0n) is 15.3.